The molecule has 2 atom stereocenters. The van der Waals surface area contributed by atoms with Crippen LogP contribution in [0, 0.1) is 12.8 Å². The Labute approximate surface area is 104 Å². The van der Waals surface area contributed by atoms with Gasteiger partial charge in [-0.1, -0.05) is 22.9 Å². The predicted molar refractivity (Wildman–Crippen MR) is 65.8 cm³/mol. The highest BCUT2D eigenvalue weighted by Crippen LogP contribution is 2.27. The molecule has 0 bridgehead atoms. The number of nitrogens with zero attached hydrogens (tertiary/aromatic N) is 1. The first kappa shape index (κ1) is 11.7. The van der Waals surface area contributed by atoms with Gasteiger partial charge in [-0.2, -0.15) is 0 Å². The Morgan fingerprint density at radius 3 is 2.94 bits per heavy atom. The number of hydrogen-bond donors (Lipinski definition) is 0. The summed E-state index contributed by atoms with van der Waals surface area (Å²) in [7, 11) is 0. The van der Waals surface area contributed by atoms with E-state index in [-0.39, 0.29) is 11.9 Å². The highest BCUT2D eigenvalue weighted by molar-refractivity contribution is 9.09. The first-order valence-corrected chi connectivity index (χ1v) is 6.69. The lowest BCUT2D eigenvalue weighted by Gasteiger charge is -2.24. The van der Waals surface area contributed by atoms with Gasteiger partial charge in [0, 0.05) is 17.9 Å². The van der Waals surface area contributed by atoms with E-state index in [0.29, 0.717) is 11.7 Å². The molecule has 0 saturated carbocycles. The molecule has 2 heterocycles. The zero-order valence-corrected chi connectivity index (χ0v) is 11.2. The number of carbonyl (C=O) groups excluding carboxylic acids is 1. The molecule has 1 aliphatic rings. The molecule has 3 nitrogen and oxygen atoms in total. The van der Waals surface area contributed by atoms with Gasteiger partial charge in [-0.25, -0.2) is 0 Å². The number of likely N-dealkylation sites (tertiary alicyclic amines) is 1. The lowest BCUT2D eigenvalue weighted by atomic mass is 10.1. The normalized spacial score (nSPS) is 25.1. The number of halogens is 1. The fourth-order valence-electron chi connectivity index (χ4n) is 2.19. The zero-order valence-electron chi connectivity index (χ0n) is 9.57. The van der Waals surface area contributed by atoms with Crippen molar-refractivity contribution in [3.8, 4) is 0 Å². The lowest BCUT2D eigenvalue weighted by Crippen LogP contribution is -2.38. The molecular formula is C12H16BrNO2. The third-order valence-electron chi connectivity index (χ3n) is 3.25. The van der Waals surface area contributed by atoms with E-state index in [1.54, 1.807) is 6.07 Å². The van der Waals surface area contributed by atoms with Crippen molar-refractivity contribution >= 4 is 21.8 Å². The Bertz CT molecular complexity index is 388. The molecule has 1 aromatic heterocycles. The second-order valence-corrected chi connectivity index (χ2v) is 5.04. The minimum absolute atomic E-state index is 0.0156. The van der Waals surface area contributed by atoms with Gasteiger partial charge in [0.25, 0.3) is 5.91 Å². The van der Waals surface area contributed by atoms with Crippen molar-refractivity contribution in [1.29, 1.82) is 0 Å². The molecule has 0 radical (unpaired) electrons. The van der Waals surface area contributed by atoms with Gasteiger partial charge in [0.2, 0.25) is 0 Å². The number of hydrogen-bond acceptors (Lipinski definition) is 2. The molecule has 1 aromatic rings. The van der Waals surface area contributed by atoms with Gasteiger partial charge in [-0.3, -0.25) is 4.79 Å². The quantitative estimate of drug-likeness (QED) is 0.783. The monoisotopic (exact) mass is 285 g/mol. The van der Waals surface area contributed by atoms with Gasteiger partial charge in [0.15, 0.2) is 5.76 Å². The maximum Gasteiger partial charge on any atom is 0.289 e. The molecule has 16 heavy (non-hydrogen) atoms. The molecule has 2 rings (SSSR count). The Balaban J connectivity index is 2.16. The second kappa shape index (κ2) is 4.62. The first-order chi connectivity index (χ1) is 7.63. The maximum atomic E-state index is 12.2. The largest absolute Gasteiger partial charge is 0.456 e. The van der Waals surface area contributed by atoms with Gasteiger partial charge in [-0.05, 0) is 31.4 Å². The van der Waals surface area contributed by atoms with E-state index in [0.717, 1.165) is 24.1 Å². The molecule has 0 aliphatic carbocycles. The van der Waals surface area contributed by atoms with Crippen molar-refractivity contribution in [3.05, 3.63) is 23.7 Å². The van der Waals surface area contributed by atoms with Crippen LogP contribution in [0.15, 0.2) is 16.5 Å². The fourth-order valence-corrected chi connectivity index (χ4v) is 3.17. The van der Waals surface area contributed by atoms with Crippen LogP contribution in [0.4, 0.5) is 0 Å². The molecule has 1 amide bonds. The van der Waals surface area contributed by atoms with Gasteiger partial charge >= 0.3 is 0 Å². The van der Waals surface area contributed by atoms with E-state index < -0.39 is 0 Å². The number of furan rings is 1. The van der Waals surface area contributed by atoms with Crippen LogP contribution in [0.2, 0.25) is 0 Å². The fraction of sp³-hybridized carbons (Fsp3) is 0.583. The van der Waals surface area contributed by atoms with Crippen LogP contribution in [-0.4, -0.2) is 28.7 Å². The molecule has 1 fully saturated rings. The SMILES string of the molecule is Cc1ccc(C(=O)N2CCC(C)C2CBr)o1. The average molecular weight is 286 g/mol. The molecule has 4 heteroatoms. The molecule has 1 saturated heterocycles. The summed E-state index contributed by atoms with van der Waals surface area (Å²) < 4.78 is 5.38. The standard InChI is InChI=1S/C12H16BrNO2/c1-8-5-6-14(10(8)7-13)12(15)11-4-3-9(2)16-11/h3-4,8,10H,5-7H2,1-2H3. The van der Waals surface area contributed by atoms with Crippen molar-refractivity contribution in [2.24, 2.45) is 5.92 Å². The van der Waals surface area contributed by atoms with Crippen molar-refractivity contribution in [2.75, 3.05) is 11.9 Å². The molecule has 0 aromatic carbocycles. The smallest absolute Gasteiger partial charge is 0.289 e. The highest BCUT2D eigenvalue weighted by Gasteiger charge is 2.34. The van der Waals surface area contributed by atoms with Crippen LogP contribution in [-0.2, 0) is 0 Å². The van der Waals surface area contributed by atoms with E-state index in [2.05, 4.69) is 22.9 Å². The summed E-state index contributed by atoms with van der Waals surface area (Å²) in [5.74, 6) is 1.81. The average Bonchev–Trinajstić information content (AvgIpc) is 2.83. The summed E-state index contributed by atoms with van der Waals surface area (Å²) in [6.07, 6.45) is 1.07. The van der Waals surface area contributed by atoms with Gasteiger partial charge in [0.1, 0.15) is 5.76 Å². The highest BCUT2D eigenvalue weighted by atomic mass is 79.9. The van der Waals surface area contributed by atoms with Crippen LogP contribution in [0.25, 0.3) is 0 Å². The predicted octanol–water partition coefficient (Wildman–Crippen LogP) is 2.83. The third-order valence-corrected chi connectivity index (χ3v) is 3.92. The van der Waals surface area contributed by atoms with Gasteiger partial charge < -0.3 is 9.32 Å². The molecule has 0 spiro atoms. The summed E-state index contributed by atoms with van der Waals surface area (Å²) in [5.41, 5.74) is 0. The van der Waals surface area contributed by atoms with Crippen molar-refractivity contribution in [2.45, 2.75) is 26.3 Å². The summed E-state index contributed by atoms with van der Waals surface area (Å²) in [4.78, 5) is 14.1. The Morgan fingerprint density at radius 1 is 1.62 bits per heavy atom. The van der Waals surface area contributed by atoms with Crippen LogP contribution < -0.4 is 0 Å². The van der Waals surface area contributed by atoms with Crippen LogP contribution >= 0.6 is 15.9 Å². The van der Waals surface area contributed by atoms with E-state index >= 15 is 0 Å². The van der Waals surface area contributed by atoms with Gasteiger partial charge in [0.05, 0.1) is 0 Å². The number of aryl methyl sites for hydroxylation is 1. The lowest BCUT2D eigenvalue weighted by molar-refractivity contribution is 0.0705. The van der Waals surface area contributed by atoms with E-state index in [1.165, 1.54) is 0 Å². The topological polar surface area (TPSA) is 33.5 Å². The first-order valence-electron chi connectivity index (χ1n) is 5.57. The van der Waals surface area contributed by atoms with Crippen molar-refractivity contribution in [1.82, 2.24) is 4.90 Å². The van der Waals surface area contributed by atoms with Crippen LogP contribution in [0.5, 0.6) is 0 Å². The van der Waals surface area contributed by atoms with Crippen LogP contribution in [0.1, 0.15) is 29.7 Å². The summed E-state index contributed by atoms with van der Waals surface area (Å²) in [6, 6.07) is 3.87. The zero-order chi connectivity index (χ0) is 11.7. The van der Waals surface area contributed by atoms with Crippen LogP contribution in [0.3, 0.4) is 0 Å². The van der Waals surface area contributed by atoms with Gasteiger partial charge in [-0.15, -0.1) is 0 Å². The number of amides is 1. The molecule has 88 valence electrons. The minimum Gasteiger partial charge on any atom is -0.456 e. The third kappa shape index (κ3) is 2.03. The van der Waals surface area contributed by atoms with Crippen molar-refractivity contribution < 1.29 is 9.21 Å². The Morgan fingerprint density at radius 2 is 2.38 bits per heavy atom. The molecule has 2 unspecified atom stereocenters. The van der Waals surface area contributed by atoms with E-state index in [9.17, 15) is 4.79 Å². The Hall–Kier alpha value is -0.770. The minimum atomic E-state index is 0.0156. The maximum absolute atomic E-state index is 12.2. The number of rotatable bonds is 2. The number of carbonyl (C=O) groups is 1. The summed E-state index contributed by atoms with van der Waals surface area (Å²) in [6.45, 7) is 4.87. The molecule has 1 aliphatic heterocycles. The molecular weight excluding hydrogens is 270 g/mol. The summed E-state index contributed by atoms with van der Waals surface area (Å²) in [5, 5.41) is 0.833. The Kier molecular flexibility index (Phi) is 3.38. The van der Waals surface area contributed by atoms with E-state index in [4.69, 9.17) is 4.42 Å². The number of alkyl halides is 1. The molecule has 0 N–H and O–H groups in total. The van der Waals surface area contributed by atoms with E-state index in [1.807, 2.05) is 17.9 Å². The second-order valence-electron chi connectivity index (χ2n) is 4.40. The van der Waals surface area contributed by atoms with Crippen molar-refractivity contribution in [3.63, 3.8) is 0 Å². The summed E-state index contributed by atoms with van der Waals surface area (Å²) >= 11 is 3.48.